The van der Waals surface area contributed by atoms with Crippen LogP contribution in [0, 0.1) is 0 Å². The zero-order chi connectivity index (χ0) is 20.5. The number of nitrogens with zero attached hydrogens (tertiary/aromatic N) is 1. The Bertz CT molecular complexity index is 924. The summed E-state index contributed by atoms with van der Waals surface area (Å²) in [5, 5.41) is 0. The molecule has 3 nitrogen and oxygen atoms in total. The van der Waals surface area contributed by atoms with E-state index in [-0.39, 0.29) is 30.8 Å². The summed E-state index contributed by atoms with van der Waals surface area (Å²) in [7, 11) is 0. The fraction of sp³-hybridized carbons (Fsp3) is 0.423. The average Bonchev–Trinajstić information content (AvgIpc) is 3.24. The van der Waals surface area contributed by atoms with Gasteiger partial charge in [-0.25, -0.2) is 4.79 Å². The topological polar surface area (TPSA) is 29.5 Å². The van der Waals surface area contributed by atoms with E-state index in [1.807, 2.05) is 4.90 Å². The minimum absolute atomic E-state index is 0.0931. The standard InChI is InChI=1S/C26H28FNO2/c27-14-6-5-7-18-15-19-12-13-20(16-18)28(19)26(29)30-17-25-23-10-3-1-8-21(23)22-9-2-4-11-24(22)25/h1-4,8-11,15,19-20,25H,5-7,12-14,16-17H2. The van der Waals surface area contributed by atoms with Gasteiger partial charge in [-0.1, -0.05) is 60.2 Å². The van der Waals surface area contributed by atoms with Crippen LogP contribution in [0.3, 0.4) is 0 Å². The second-order valence-electron chi connectivity index (χ2n) is 8.68. The first-order chi connectivity index (χ1) is 14.8. The van der Waals surface area contributed by atoms with Crippen molar-refractivity contribution < 1.29 is 13.9 Å². The molecule has 2 aromatic rings. The summed E-state index contributed by atoms with van der Waals surface area (Å²) in [6, 6.07) is 17.2. The molecule has 1 saturated heterocycles. The lowest BCUT2D eigenvalue weighted by molar-refractivity contribution is 0.0848. The van der Waals surface area contributed by atoms with Crippen molar-refractivity contribution in [1.29, 1.82) is 0 Å². The van der Waals surface area contributed by atoms with Crippen molar-refractivity contribution in [2.45, 2.75) is 56.5 Å². The SMILES string of the molecule is O=C(OCC1c2ccccc2-c2ccccc21)N1C2C=C(CCCCF)CC1CC2. The summed E-state index contributed by atoms with van der Waals surface area (Å²) in [5.41, 5.74) is 6.35. The van der Waals surface area contributed by atoms with Gasteiger partial charge in [0.15, 0.2) is 0 Å². The predicted octanol–water partition coefficient (Wildman–Crippen LogP) is 6.24. The van der Waals surface area contributed by atoms with Crippen molar-refractivity contribution in [2.75, 3.05) is 13.3 Å². The van der Waals surface area contributed by atoms with Crippen LogP contribution in [0.4, 0.5) is 9.18 Å². The molecule has 2 bridgehead atoms. The number of amides is 1. The molecular weight excluding hydrogens is 377 g/mol. The molecule has 2 unspecified atom stereocenters. The summed E-state index contributed by atoms with van der Waals surface area (Å²) < 4.78 is 18.3. The lowest BCUT2D eigenvalue weighted by Gasteiger charge is -2.33. The third-order valence-corrected chi connectivity index (χ3v) is 6.90. The zero-order valence-corrected chi connectivity index (χ0v) is 17.2. The summed E-state index contributed by atoms with van der Waals surface area (Å²) in [4.78, 5) is 15.0. The smallest absolute Gasteiger partial charge is 0.410 e. The molecular formula is C26H28FNO2. The number of alkyl halides is 1. The predicted molar refractivity (Wildman–Crippen MR) is 116 cm³/mol. The Labute approximate surface area is 177 Å². The lowest BCUT2D eigenvalue weighted by Crippen LogP contribution is -2.43. The maximum atomic E-state index is 13.0. The number of carbonyl (C=O) groups is 1. The van der Waals surface area contributed by atoms with Crippen LogP contribution in [-0.2, 0) is 4.74 Å². The van der Waals surface area contributed by atoms with E-state index in [0.29, 0.717) is 13.0 Å². The molecule has 1 fully saturated rings. The van der Waals surface area contributed by atoms with E-state index in [9.17, 15) is 9.18 Å². The normalized spacial score (nSPS) is 21.9. The number of hydrogen-bond acceptors (Lipinski definition) is 2. The largest absolute Gasteiger partial charge is 0.448 e. The number of ether oxygens (including phenoxy) is 1. The Morgan fingerprint density at radius 2 is 1.70 bits per heavy atom. The fourth-order valence-corrected chi connectivity index (χ4v) is 5.50. The molecule has 0 aromatic heterocycles. The molecule has 30 heavy (non-hydrogen) atoms. The molecule has 0 radical (unpaired) electrons. The van der Waals surface area contributed by atoms with Crippen LogP contribution in [0.15, 0.2) is 60.2 Å². The highest BCUT2D eigenvalue weighted by atomic mass is 19.1. The zero-order valence-electron chi connectivity index (χ0n) is 17.2. The Kier molecular flexibility index (Phi) is 5.32. The molecule has 0 spiro atoms. The van der Waals surface area contributed by atoms with E-state index in [1.54, 1.807) is 0 Å². The Balaban J connectivity index is 1.27. The number of benzene rings is 2. The number of fused-ring (bicyclic) bond motifs is 5. The van der Waals surface area contributed by atoms with Crippen molar-refractivity contribution in [2.24, 2.45) is 0 Å². The van der Waals surface area contributed by atoms with Crippen molar-refractivity contribution in [3.63, 3.8) is 0 Å². The van der Waals surface area contributed by atoms with Crippen molar-refractivity contribution >= 4 is 6.09 Å². The van der Waals surface area contributed by atoms with Crippen LogP contribution in [0.5, 0.6) is 0 Å². The average molecular weight is 406 g/mol. The molecule has 1 amide bonds. The van der Waals surface area contributed by atoms with E-state index in [2.05, 4.69) is 54.6 Å². The maximum absolute atomic E-state index is 13.0. The van der Waals surface area contributed by atoms with Crippen molar-refractivity contribution in [1.82, 2.24) is 4.90 Å². The lowest BCUT2D eigenvalue weighted by atomic mass is 9.97. The fourth-order valence-electron chi connectivity index (χ4n) is 5.50. The van der Waals surface area contributed by atoms with Crippen LogP contribution in [0.2, 0.25) is 0 Å². The van der Waals surface area contributed by atoms with Gasteiger partial charge >= 0.3 is 6.09 Å². The van der Waals surface area contributed by atoms with Gasteiger partial charge in [-0.05, 0) is 60.8 Å². The number of rotatable bonds is 6. The number of halogens is 1. The quantitative estimate of drug-likeness (QED) is 0.421. The highest BCUT2D eigenvalue weighted by Gasteiger charge is 2.40. The van der Waals surface area contributed by atoms with Gasteiger partial charge in [0.05, 0.1) is 12.7 Å². The highest BCUT2D eigenvalue weighted by Crippen LogP contribution is 2.45. The van der Waals surface area contributed by atoms with Gasteiger partial charge in [0.1, 0.15) is 6.61 Å². The summed E-state index contributed by atoms with van der Waals surface area (Å²) in [6.45, 7) is 0.127. The monoisotopic (exact) mass is 405 g/mol. The maximum Gasteiger partial charge on any atom is 0.410 e. The molecule has 0 saturated carbocycles. The van der Waals surface area contributed by atoms with Crippen molar-refractivity contribution in [3.8, 4) is 11.1 Å². The minimum Gasteiger partial charge on any atom is -0.448 e. The van der Waals surface area contributed by atoms with E-state index < -0.39 is 0 Å². The first-order valence-electron chi connectivity index (χ1n) is 11.1. The van der Waals surface area contributed by atoms with Crippen LogP contribution in [-0.4, -0.2) is 36.4 Å². The molecule has 0 N–H and O–H groups in total. The van der Waals surface area contributed by atoms with Crippen LogP contribution in [0.1, 0.15) is 55.6 Å². The molecule has 1 aliphatic carbocycles. The van der Waals surface area contributed by atoms with Gasteiger partial charge in [0.2, 0.25) is 0 Å². The second kappa shape index (κ2) is 8.25. The molecule has 156 valence electrons. The summed E-state index contributed by atoms with van der Waals surface area (Å²) >= 11 is 0. The van der Waals surface area contributed by atoms with Gasteiger partial charge in [-0.2, -0.15) is 0 Å². The van der Waals surface area contributed by atoms with Crippen molar-refractivity contribution in [3.05, 3.63) is 71.3 Å². The molecule has 2 atom stereocenters. The van der Waals surface area contributed by atoms with Crippen LogP contribution < -0.4 is 0 Å². The third-order valence-electron chi connectivity index (χ3n) is 6.90. The Morgan fingerprint density at radius 1 is 1.00 bits per heavy atom. The molecule has 5 rings (SSSR count). The van der Waals surface area contributed by atoms with Gasteiger partial charge in [0.25, 0.3) is 0 Å². The third kappa shape index (κ3) is 3.42. The van der Waals surface area contributed by atoms with Gasteiger partial charge in [-0.15, -0.1) is 0 Å². The van der Waals surface area contributed by atoms with E-state index in [0.717, 1.165) is 32.1 Å². The number of unbranched alkanes of at least 4 members (excludes halogenated alkanes) is 1. The summed E-state index contributed by atoms with van der Waals surface area (Å²) in [6.07, 6.45) is 7.46. The first kappa shape index (κ1) is 19.3. The molecule has 2 aliphatic heterocycles. The van der Waals surface area contributed by atoms with Gasteiger partial charge in [-0.3, -0.25) is 9.29 Å². The van der Waals surface area contributed by atoms with Crippen LogP contribution >= 0.6 is 0 Å². The van der Waals surface area contributed by atoms with Crippen LogP contribution in [0.25, 0.3) is 11.1 Å². The van der Waals surface area contributed by atoms with Gasteiger partial charge in [0, 0.05) is 12.0 Å². The molecule has 2 heterocycles. The minimum atomic E-state index is -0.244. The second-order valence-corrected chi connectivity index (χ2v) is 8.68. The number of hydrogen-bond donors (Lipinski definition) is 0. The summed E-state index contributed by atoms with van der Waals surface area (Å²) in [5.74, 6) is 0.0931. The van der Waals surface area contributed by atoms with E-state index in [1.165, 1.54) is 27.8 Å². The molecule has 3 aliphatic rings. The number of carbonyl (C=O) groups excluding carboxylic acids is 1. The Hall–Kier alpha value is -2.62. The highest BCUT2D eigenvalue weighted by molar-refractivity contribution is 5.79. The van der Waals surface area contributed by atoms with Gasteiger partial charge < -0.3 is 4.74 Å². The van der Waals surface area contributed by atoms with E-state index >= 15 is 0 Å². The Morgan fingerprint density at radius 3 is 2.37 bits per heavy atom. The van der Waals surface area contributed by atoms with E-state index in [4.69, 9.17) is 4.74 Å². The molecule has 2 aromatic carbocycles. The first-order valence-corrected chi connectivity index (χ1v) is 11.1. The molecule has 4 heteroatoms.